The predicted octanol–water partition coefficient (Wildman–Crippen LogP) is 3.34. The average Bonchev–Trinajstić information content (AvgIpc) is 3.04. The lowest BCUT2D eigenvalue weighted by Crippen LogP contribution is -2.19. The van der Waals surface area contributed by atoms with Gasteiger partial charge in [0.15, 0.2) is 0 Å². The predicted molar refractivity (Wildman–Crippen MR) is 74.7 cm³/mol. The van der Waals surface area contributed by atoms with Crippen LogP contribution in [0.3, 0.4) is 0 Å². The fourth-order valence-electron chi connectivity index (χ4n) is 2.10. The van der Waals surface area contributed by atoms with Crippen LogP contribution in [0.4, 0.5) is 5.69 Å². The number of hydrogen-bond donors (Lipinski definition) is 2. The summed E-state index contributed by atoms with van der Waals surface area (Å²) in [6.07, 6.45) is 2.87. The summed E-state index contributed by atoms with van der Waals surface area (Å²) in [4.78, 5) is 12.0. The first kappa shape index (κ1) is 12.5. The van der Waals surface area contributed by atoms with Gasteiger partial charge in [0, 0.05) is 12.1 Å². The van der Waals surface area contributed by atoms with Gasteiger partial charge in [0.2, 0.25) is 5.91 Å². The van der Waals surface area contributed by atoms with Crippen molar-refractivity contribution in [3.63, 3.8) is 0 Å². The van der Waals surface area contributed by atoms with Crippen molar-refractivity contribution in [3.05, 3.63) is 29.3 Å². The SMILES string of the molecule is Cc1cccc(C)c1NC(=O)CC1(CS)CC1. The van der Waals surface area contributed by atoms with Crippen LogP contribution in [0, 0.1) is 19.3 Å². The Bertz CT molecular complexity index is 418. The zero-order valence-corrected chi connectivity index (χ0v) is 11.3. The third kappa shape index (κ3) is 2.83. The van der Waals surface area contributed by atoms with E-state index in [2.05, 4.69) is 17.9 Å². The number of hydrogen-bond acceptors (Lipinski definition) is 2. The van der Waals surface area contributed by atoms with E-state index in [9.17, 15) is 4.79 Å². The lowest BCUT2D eigenvalue weighted by Gasteiger charge is -2.14. The number of para-hydroxylation sites is 1. The summed E-state index contributed by atoms with van der Waals surface area (Å²) in [5.74, 6) is 0.932. The maximum Gasteiger partial charge on any atom is 0.224 e. The van der Waals surface area contributed by atoms with E-state index >= 15 is 0 Å². The van der Waals surface area contributed by atoms with E-state index in [1.165, 1.54) is 0 Å². The second kappa shape index (κ2) is 4.73. The monoisotopic (exact) mass is 249 g/mol. The minimum atomic E-state index is 0.119. The highest BCUT2D eigenvalue weighted by Gasteiger charge is 2.42. The third-order valence-corrected chi connectivity index (χ3v) is 4.24. The van der Waals surface area contributed by atoms with Crippen molar-refractivity contribution in [3.8, 4) is 0 Å². The normalized spacial score (nSPS) is 16.6. The zero-order chi connectivity index (χ0) is 12.5. The second-order valence-corrected chi connectivity index (χ2v) is 5.47. The van der Waals surface area contributed by atoms with Gasteiger partial charge in [0.1, 0.15) is 0 Å². The highest BCUT2D eigenvalue weighted by Crippen LogP contribution is 2.49. The standard InChI is InChI=1S/C14H19NOS/c1-10-4-3-5-11(2)13(10)15-12(16)8-14(9-17)6-7-14/h3-5,17H,6-9H2,1-2H3,(H,15,16). The van der Waals surface area contributed by atoms with Crippen LogP contribution in [0.5, 0.6) is 0 Å². The molecule has 0 heterocycles. The summed E-state index contributed by atoms with van der Waals surface area (Å²) >= 11 is 4.33. The van der Waals surface area contributed by atoms with Gasteiger partial charge < -0.3 is 5.32 Å². The van der Waals surface area contributed by atoms with Gasteiger partial charge >= 0.3 is 0 Å². The molecule has 1 aromatic carbocycles. The minimum absolute atomic E-state index is 0.119. The summed E-state index contributed by atoms with van der Waals surface area (Å²) in [6, 6.07) is 6.05. The molecule has 2 rings (SSSR count). The van der Waals surface area contributed by atoms with Crippen LogP contribution in [0.25, 0.3) is 0 Å². The van der Waals surface area contributed by atoms with Crippen molar-refractivity contribution >= 4 is 24.2 Å². The van der Waals surface area contributed by atoms with Gasteiger partial charge in [-0.05, 0) is 49.0 Å². The molecule has 0 aliphatic heterocycles. The Morgan fingerprint density at radius 2 is 1.94 bits per heavy atom. The van der Waals surface area contributed by atoms with Gasteiger partial charge in [-0.15, -0.1) is 0 Å². The molecule has 1 aromatic rings. The molecule has 3 heteroatoms. The molecule has 1 aliphatic carbocycles. The van der Waals surface area contributed by atoms with Gasteiger partial charge in [0.25, 0.3) is 0 Å². The average molecular weight is 249 g/mol. The van der Waals surface area contributed by atoms with Gasteiger partial charge in [-0.1, -0.05) is 18.2 Å². The van der Waals surface area contributed by atoms with Crippen LogP contribution in [0.2, 0.25) is 0 Å². The maximum atomic E-state index is 12.0. The van der Waals surface area contributed by atoms with Crippen LogP contribution in [-0.4, -0.2) is 11.7 Å². The van der Waals surface area contributed by atoms with Gasteiger partial charge in [0.05, 0.1) is 0 Å². The van der Waals surface area contributed by atoms with E-state index in [0.29, 0.717) is 6.42 Å². The summed E-state index contributed by atoms with van der Waals surface area (Å²) in [7, 11) is 0. The molecule has 92 valence electrons. The van der Waals surface area contributed by atoms with Crippen molar-refractivity contribution in [2.75, 3.05) is 11.1 Å². The van der Waals surface area contributed by atoms with Crippen molar-refractivity contribution in [1.29, 1.82) is 0 Å². The third-order valence-electron chi connectivity index (χ3n) is 3.57. The van der Waals surface area contributed by atoms with Crippen molar-refractivity contribution < 1.29 is 4.79 Å². The van der Waals surface area contributed by atoms with Crippen molar-refractivity contribution in [1.82, 2.24) is 0 Å². The molecule has 17 heavy (non-hydrogen) atoms. The van der Waals surface area contributed by atoms with Gasteiger partial charge in [-0.2, -0.15) is 12.6 Å². The van der Waals surface area contributed by atoms with Crippen LogP contribution >= 0.6 is 12.6 Å². The lowest BCUT2D eigenvalue weighted by atomic mass is 10.0. The first-order chi connectivity index (χ1) is 8.06. The van der Waals surface area contributed by atoms with E-state index in [1.807, 2.05) is 32.0 Å². The number of thiol groups is 1. The number of carbonyl (C=O) groups is 1. The van der Waals surface area contributed by atoms with E-state index in [1.54, 1.807) is 0 Å². The van der Waals surface area contributed by atoms with Crippen LogP contribution in [0.15, 0.2) is 18.2 Å². The molecular weight excluding hydrogens is 230 g/mol. The Hall–Kier alpha value is -0.960. The summed E-state index contributed by atoms with van der Waals surface area (Å²) in [5, 5.41) is 3.04. The topological polar surface area (TPSA) is 29.1 Å². The number of carbonyl (C=O) groups excluding carboxylic acids is 1. The Balaban J connectivity index is 2.03. The molecule has 0 unspecified atom stereocenters. The first-order valence-electron chi connectivity index (χ1n) is 6.03. The molecule has 1 N–H and O–H groups in total. The van der Waals surface area contributed by atoms with Crippen molar-refractivity contribution in [2.45, 2.75) is 33.1 Å². The second-order valence-electron chi connectivity index (χ2n) is 5.15. The van der Waals surface area contributed by atoms with E-state index in [4.69, 9.17) is 0 Å². The molecule has 0 atom stereocenters. The largest absolute Gasteiger partial charge is 0.326 e. The maximum absolute atomic E-state index is 12.0. The summed E-state index contributed by atoms with van der Waals surface area (Å²) < 4.78 is 0. The summed E-state index contributed by atoms with van der Waals surface area (Å²) in [6.45, 7) is 4.04. The first-order valence-corrected chi connectivity index (χ1v) is 6.66. The number of rotatable bonds is 4. The molecule has 1 amide bonds. The van der Waals surface area contributed by atoms with E-state index in [-0.39, 0.29) is 11.3 Å². The molecule has 1 aliphatic rings. The Labute approximate surface area is 108 Å². The highest BCUT2D eigenvalue weighted by atomic mass is 32.1. The Kier molecular flexibility index (Phi) is 3.48. The molecule has 2 nitrogen and oxygen atoms in total. The number of aryl methyl sites for hydroxylation is 2. The molecule has 0 spiro atoms. The summed E-state index contributed by atoms with van der Waals surface area (Å²) in [5.41, 5.74) is 3.39. The van der Waals surface area contributed by atoms with Crippen LogP contribution in [-0.2, 0) is 4.79 Å². The zero-order valence-electron chi connectivity index (χ0n) is 10.4. The number of anilines is 1. The van der Waals surface area contributed by atoms with Crippen molar-refractivity contribution in [2.24, 2.45) is 5.41 Å². The quantitative estimate of drug-likeness (QED) is 0.787. The highest BCUT2D eigenvalue weighted by molar-refractivity contribution is 7.80. The molecule has 0 aromatic heterocycles. The lowest BCUT2D eigenvalue weighted by molar-refractivity contribution is -0.117. The Morgan fingerprint density at radius 3 is 2.41 bits per heavy atom. The minimum Gasteiger partial charge on any atom is -0.326 e. The molecular formula is C14H19NOS. The number of nitrogens with one attached hydrogen (secondary N) is 1. The van der Waals surface area contributed by atoms with Crippen LogP contribution in [0.1, 0.15) is 30.4 Å². The van der Waals surface area contributed by atoms with E-state index < -0.39 is 0 Å². The fraction of sp³-hybridized carbons (Fsp3) is 0.500. The molecule has 1 fully saturated rings. The number of benzene rings is 1. The fourth-order valence-corrected chi connectivity index (χ4v) is 2.53. The molecule has 0 saturated heterocycles. The smallest absolute Gasteiger partial charge is 0.224 e. The molecule has 0 radical (unpaired) electrons. The van der Waals surface area contributed by atoms with E-state index in [0.717, 1.165) is 35.4 Å². The molecule has 1 saturated carbocycles. The van der Waals surface area contributed by atoms with Gasteiger partial charge in [-0.3, -0.25) is 4.79 Å². The Morgan fingerprint density at radius 1 is 1.35 bits per heavy atom. The van der Waals surface area contributed by atoms with Crippen LogP contribution < -0.4 is 5.32 Å². The van der Waals surface area contributed by atoms with Gasteiger partial charge in [-0.25, -0.2) is 0 Å². The number of amides is 1. The molecule has 0 bridgehead atoms.